The molecule has 29 heavy (non-hydrogen) atoms. The Hall–Kier alpha value is -2.20. The van der Waals surface area contributed by atoms with E-state index in [0.717, 1.165) is 32.1 Å². The summed E-state index contributed by atoms with van der Waals surface area (Å²) in [6.07, 6.45) is 6.69. The molecular formula is C22H28N3O3P. The van der Waals surface area contributed by atoms with Crippen LogP contribution < -0.4 is 0 Å². The van der Waals surface area contributed by atoms with E-state index in [9.17, 15) is 9.59 Å². The van der Waals surface area contributed by atoms with Crippen LogP contribution in [-0.4, -0.2) is 52.9 Å². The normalized spacial score (nSPS) is 19.7. The number of oxazole rings is 1. The monoisotopic (exact) mass is 413 g/mol. The fraction of sp³-hybridized carbons (Fsp3) is 0.500. The summed E-state index contributed by atoms with van der Waals surface area (Å²) < 4.78 is 5.69. The van der Waals surface area contributed by atoms with Crippen molar-refractivity contribution in [3.8, 4) is 0 Å². The van der Waals surface area contributed by atoms with Crippen LogP contribution in [0, 0.1) is 0 Å². The Morgan fingerprint density at radius 2 is 2.00 bits per heavy atom. The topological polar surface area (TPSA) is 66.7 Å². The predicted molar refractivity (Wildman–Crippen MR) is 114 cm³/mol. The van der Waals surface area contributed by atoms with Gasteiger partial charge in [-0.05, 0) is 43.2 Å². The summed E-state index contributed by atoms with van der Waals surface area (Å²) in [5.41, 5.74) is 2.94. The smallest absolute Gasteiger partial charge is 0.276 e. The molecule has 1 aromatic heterocycles. The molecule has 2 atom stereocenters. The van der Waals surface area contributed by atoms with Gasteiger partial charge in [0.05, 0.1) is 6.04 Å². The first-order valence-electron chi connectivity index (χ1n) is 10.4. The Morgan fingerprint density at radius 3 is 2.76 bits per heavy atom. The van der Waals surface area contributed by atoms with Crippen molar-refractivity contribution in [1.82, 2.24) is 14.8 Å². The van der Waals surface area contributed by atoms with Crippen LogP contribution in [0.4, 0.5) is 0 Å². The molecule has 154 valence electrons. The van der Waals surface area contributed by atoms with Gasteiger partial charge in [-0.25, -0.2) is 4.98 Å². The number of benzene rings is 1. The summed E-state index contributed by atoms with van der Waals surface area (Å²) >= 11 is 0. The van der Waals surface area contributed by atoms with E-state index < -0.39 is 0 Å². The molecule has 6 nitrogen and oxygen atoms in total. The summed E-state index contributed by atoms with van der Waals surface area (Å²) in [5.74, 6) is 0.832. The molecule has 2 amide bonds. The first kappa shape index (κ1) is 20.1. The maximum Gasteiger partial charge on any atom is 0.276 e. The maximum atomic E-state index is 13.1. The molecule has 0 N–H and O–H groups in total. The van der Waals surface area contributed by atoms with Crippen molar-refractivity contribution in [3.05, 3.63) is 53.2 Å². The number of carbonyl (C=O) groups excluding carboxylic acids is 2. The van der Waals surface area contributed by atoms with Crippen LogP contribution in [0.25, 0.3) is 0 Å². The molecule has 1 unspecified atom stereocenters. The van der Waals surface area contributed by atoms with Gasteiger partial charge in [-0.2, -0.15) is 0 Å². The second kappa shape index (κ2) is 8.66. The molecule has 0 saturated carbocycles. The van der Waals surface area contributed by atoms with Gasteiger partial charge in [0.15, 0.2) is 11.6 Å². The molecule has 1 aliphatic carbocycles. The summed E-state index contributed by atoms with van der Waals surface area (Å²) in [6, 6.07) is 8.46. The lowest BCUT2D eigenvalue weighted by atomic mass is 9.87. The molecule has 0 bridgehead atoms. The average molecular weight is 413 g/mol. The molecule has 0 radical (unpaired) electrons. The zero-order chi connectivity index (χ0) is 20.4. The second-order valence-electron chi connectivity index (χ2n) is 7.95. The van der Waals surface area contributed by atoms with E-state index in [1.54, 1.807) is 4.90 Å². The number of aromatic nitrogens is 1. The number of hydrogen-bond acceptors (Lipinski definition) is 4. The number of hydrogen-bond donors (Lipinski definition) is 0. The molecule has 7 heteroatoms. The fourth-order valence-electron chi connectivity index (χ4n) is 4.53. The zero-order valence-electron chi connectivity index (χ0n) is 16.8. The van der Waals surface area contributed by atoms with Crippen LogP contribution in [0.15, 0.2) is 34.9 Å². The van der Waals surface area contributed by atoms with Gasteiger partial charge in [-0.15, -0.1) is 9.24 Å². The number of likely N-dealkylation sites (tertiary alicyclic amines) is 1. The molecular weight excluding hydrogens is 385 g/mol. The standard InChI is InChI=1S/C22H28N3O3P/c1-24(19-8-4-6-15-5-2-3-7-17(15)19)22(27)18-13-28-21(23-18)16-9-11-25(12-10-16)20(26)14-29/h2-3,5,7,13,16,19H,4,6,8-12,14,29H2,1H3/t19-/m1/s1. The number of nitrogens with zero attached hydrogens (tertiary/aromatic N) is 3. The zero-order valence-corrected chi connectivity index (χ0v) is 18.0. The minimum absolute atomic E-state index is 0.0776. The van der Waals surface area contributed by atoms with Crippen molar-refractivity contribution in [2.45, 2.75) is 44.1 Å². The van der Waals surface area contributed by atoms with Gasteiger partial charge >= 0.3 is 0 Å². The van der Waals surface area contributed by atoms with Crippen LogP contribution in [0.2, 0.25) is 0 Å². The summed E-state index contributed by atoms with van der Waals surface area (Å²) in [5, 5.41) is 0. The van der Waals surface area contributed by atoms with Gasteiger partial charge in [0, 0.05) is 32.2 Å². The molecule has 4 rings (SSSR count). The number of aryl methyl sites for hydroxylation is 1. The van der Waals surface area contributed by atoms with Crippen molar-refractivity contribution in [2.24, 2.45) is 0 Å². The van der Waals surface area contributed by atoms with Gasteiger partial charge < -0.3 is 14.2 Å². The first-order valence-corrected chi connectivity index (χ1v) is 11.2. The van der Waals surface area contributed by atoms with Crippen molar-refractivity contribution in [1.29, 1.82) is 0 Å². The van der Waals surface area contributed by atoms with E-state index in [0.29, 0.717) is 30.8 Å². The third-order valence-electron chi connectivity index (χ3n) is 6.24. The van der Waals surface area contributed by atoms with Crippen molar-refractivity contribution < 1.29 is 14.0 Å². The van der Waals surface area contributed by atoms with Crippen LogP contribution in [0.3, 0.4) is 0 Å². The maximum absolute atomic E-state index is 13.1. The molecule has 1 aliphatic heterocycles. The highest BCUT2D eigenvalue weighted by Gasteiger charge is 2.30. The molecule has 1 saturated heterocycles. The van der Waals surface area contributed by atoms with E-state index in [2.05, 4.69) is 32.4 Å². The lowest BCUT2D eigenvalue weighted by Gasteiger charge is -2.33. The van der Waals surface area contributed by atoms with Crippen LogP contribution in [0.5, 0.6) is 0 Å². The second-order valence-corrected chi connectivity index (χ2v) is 8.36. The van der Waals surface area contributed by atoms with Gasteiger partial charge in [0.2, 0.25) is 5.91 Å². The van der Waals surface area contributed by atoms with E-state index in [1.165, 1.54) is 17.4 Å². The minimum Gasteiger partial charge on any atom is -0.448 e. The number of piperidine rings is 1. The minimum atomic E-state index is -0.0997. The summed E-state index contributed by atoms with van der Waals surface area (Å²) in [4.78, 5) is 33.1. The SMILES string of the molecule is CN(C(=O)c1coc(C2CCN(C(=O)CP)CC2)n1)[C@@H]1CCCc2ccccc21. The quantitative estimate of drug-likeness (QED) is 0.721. The lowest BCUT2D eigenvalue weighted by molar-refractivity contribution is -0.129. The van der Waals surface area contributed by atoms with Gasteiger partial charge in [-0.1, -0.05) is 24.3 Å². The Bertz CT molecular complexity index is 889. The van der Waals surface area contributed by atoms with Crippen molar-refractivity contribution >= 4 is 21.1 Å². The number of amides is 2. The number of rotatable bonds is 4. The molecule has 2 aliphatic rings. The van der Waals surface area contributed by atoms with E-state index in [4.69, 9.17) is 4.42 Å². The third kappa shape index (κ3) is 4.09. The van der Waals surface area contributed by atoms with E-state index in [-0.39, 0.29) is 23.8 Å². The van der Waals surface area contributed by atoms with Gasteiger partial charge in [-0.3, -0.25) is 9.59 Å². The number of fused-ring (bicyclic) bond motifs is 1. The van der Waals surface area contributed by atoms with E-state index in [1.807, 2.05) is 18.0 Å². The fourth-order valence-corrected chi connectivity index (χ4v) is 4.79. The Balaban J connectivity index is 1.43. The van der Waals surface area contributed by atoms with Crippen LogP contribution >= 0.6 is 9.24 Å². The van der Waals surface area contributed by atoms with Gasteiger partial charge in [0.25, 0.3) is 5.91 Å². The van der Waals surface area contributed by atoms with E-state index >= 15 is 0 Å². The molecule has 2 aromatic rings. The lowest BCUT2D eigenvalue weighted by Crippen LogP contribution is -2.38. The highest BCUT2D eigenvalue weighted by molar-refractivity contribution is 7.18. The first-order chi connectivity index (χ1) is 14.1. The molecule has 0 spiro atoms. The predicted octanol–water partition coefficient (Wildman–Crippen LogP) is 3.41. The van der Waals surface area contributed by atoms with Gasteiger partial charge in [0.1, 0.15) is 6.26 Å². The largest absolute Gasteiger partial charge is 0.448 e. The highest BCUT2D eigenvalue weighted by Crippen LogP contribution is 2.34. The Labute approximate surface area is 173 Å². The summed E-state index contributed by atoms with van der Waals surface area (Å²) in [7, 11) is 4.34. The Morgan fingerprint density at radius 1 is 1.24 bits per heavy atom. The molecule has 1 aromatic carbocycles. The Kier molecular flexibility index (Phi) is 6.00. The van der Waals surface area contributed by atoms with Crippen LogP contribution in [-0.2, 0) is 11.2 Å². The summed E-state index contributed by atoms with van der Waals surface area (Å²) in [6.45, 7) is 1.42. The number of carbonyl (C=O) groups is 2. The molecule has 2 heterocycles. The van der Waals surface area contributed by atoms with Crippen molar-refractivity contribution in [2.75, 3.05) is 26.3 Å². The van der Waals surface area contributed by atoms with Crippen LogP contribution in [0.1, 0.15) is 65.1 Å². The van der Waals surface area contributed by atoms with Crippen molar-refractivity contribution in [3.63, 3.8) is 0 Å². The third-order valence-corrected chi connectivity index (χ3v) is 6.59. The average Bonchev–Trinajstić information content (AvgIpc) is 3.27. The molecule has 1 fully saturated rings. The highest BCUT2D eigenvalue weighted by atomic mass is 31.0.